The molecule has 0 unspecified atom stereocenters. The first kappa shape index (κ1) is 18.7. The molecule has 1 amide bonds. The van der Waals surface area contributed by atoms with E-state index in [0.717, 1.165) is 17.7 Å². The number of methoxy groups -OCH3 is 1. The van der Waals surface area contributed by atoms with Gasteiger partial charge in [0.15, 0.2) is 0 Å². The zero-order chi connectivity index (χ0) is 19.8. The number of nitrogens with zero attached hydrogens (tertiary/aromatic N) is 4. The van der Waals surface area contributed by atoms with E-state index in [1.807, 2.05) is 34.5 Å². The van der Waals surface area contributed by atoms with Crippen molar-refractivity contribution in [2.24, 2.45) is 5.92 Å². The molecule has 1 saturated heterocycles. The van der Waals surface area contributed by atoms with Gasteiger partial charge in [-0.1, -0.05) is 6.07 Å². The van der Waals surface area contributed by atoms with E-state index < -0.39 is 0 Å². The molecule has 2 aliphatic rings. The van der Waals surface area contributed by atoms with Crippen LogP contribution in [0.15, 0.2) is 35.3 Å². The summed E-state index contributed by atoms with van der Waals surface area (Å²) in [5.41, 5.74) is 2.37. The van der Waals surface area contributed by atoms with Crippen LogP contribution >= 0.6 is 0 Å². The maximum absolute atomic E-state index is 13.0. The summed E-state index contributed by atoms with van der Waals surface area (Å²) in [6.45, 7) is 2.57. The fraction of sp³-hybridized carbons (Fsp3) is 0.476. The van der Waals surface area contributed by atoms with Crippen molar-refractivity contribution >= 4 is 5.91 Å². The summed E-state index contributed by atoms with van der Waals surface area (Å²) in [5.74, 6) is 1.02. The van der Waals surface area contributed by atoms with Crippen LogP contribution in [0.3, 0.4) is 0 Å². The van der Waals surface area contributed by atoms with Crippen LogP contribution in [-0.2, 0) is 13.1 Å². The Kier molecular flexibility index (Phi) is 4.93. The van der Waals surface area contributed by atoms with Crippen molar-refractivity contribution in [3.05, 3.63) is 57.8 Å². The van der Waals surface area contributed by atoms with Crippen LogP contribution in [-0.4, -0.2) is 59.6 Å². The van der Waals surface area contributed by atoms with Crippen molar-refractivity contribution in [2.75, 3.05) is 34.3 Å². The minimum Gasteiger partial charge on any atom is -0.497 e. The van der Waals surface area contributed by atoms with Crippen molar-refractivity contribution in [3.63, 3.8) is 0 Å². The van der Waals surface area contributed by atoms with Gasteiger partial charge in [-0.25, -0.2) is 0 Å². The minimum atomic E-state index is -0.0753. The van der Waals surface area contributed by atoms with Crippen molar-refractivity contribution in [3.8, 4) is 5.75 Å². The van der Waals surface area contributed by atoms with Gasteiger partial charge < -0.3 is 19.1 Å². The second-order valence-corrected chi connectivity index (χ2v) is 8.03. The second kappa shape index (κ2) is 7.39. The number of likely N-dealkylation sites (tertiary alicyclic amines) is 1. The van der Waals surface area contributed by atoms with Gasteiger partial charge in [-0.15, -0.1) is 0 Å². The number of pyridine rings is 2. The molecule has 2 aromatic heterocycles. The highest BCUT2D eigenvalue weighted by Crippen LogP contribution is 2.35. The Hall–Kier alpha value is -2.67. The van der Waals surface area contributed by atoms with Gasteiger partial charge in [-0.05, 0) is 38.6 Å². The van der Waals surface area contributed by atoms with Crippen LogP contribution in [0.4, 0.5) is 0 Å². The van der Waals surface area contributed by atoms with Crippen LogP contribution in [0.2, 0.25) is 0 Å². The summed E-state index contributed by atoms with van der Waals surface area (Å²) in [5, 5.41) is 0. The molecule has 2 aliphatic heterocycles. The lowest BCUT2D eigenvalue weighted by Gasteiger charge is -2.42. The molecule has 0 aliphatic carbocycles. The van der Waals surface area contributed by atoms with Crippen molar-refractivity contribution in [1.29, 1.82) is 0 Å². The Morgan fingerprint density at radius 1 is 1.25 bits per heavy atom. The van der Waals surface area contributed by atoms with E-state index in [0.29, 0.717) is 37.6 Å². The van der Waals surface area contributed by atoms with E-state index in [2.05, 4.69) is 11.1 Å². The minimum absolute atomic E-state index is 0.0753. The summed E-state index contributed by atoms with van der Waals surface area (Å²) < 4.78 is 7.15. The number of amides is 1. The number of ether oxygens (including phenoxy) is 1. The SMILES string of the molecule is COc1ccnc(C(=O)N2C[C@@H]3C[C@H](C2)c2ccc(CN(C)C)c(=O)n2C3)c1. The molecule has 4 heterocycles. The lowest BCUT2D eigenvalue weighted by Crippen LogP contribution is -2.49. The number of aromatic nitrogens is 2. The summed E-state index contributed by atoms with van der Waals surface area (Å²) in [4.78, 5) is 34.0. The summed E-state index contributed by atoms with van der Waals surface area (Å²) in [6, 6.07) is 7.42. The average Bonchev–Trinajstić information content (AvgIpc) is 2.69. The van der Waals surface area contributed by atoms with Gasteiger partial charge in [0.1, 0.15) is 11.4 Å². The monoisotopic (exact) mass is 382 g/mol. The van der Waals surface area contributed by atoms with E-state index in [1.54, 1.807) is 25.4 Å². The Balaban J connectivity index is 1.59. The predicted molar refractivity (Wildman–Crippen MR) is 106 cm³/mol. The Labute approximate surface area is 164 Å². The van der Waals surface area contributed by atoms with Crippen LogP contribution < -0.4 is 10.3 Å². The third-order valence-corrected chi connectivity index (χ3v) is 5.64. The summed E-state index contributed by atoms with van der Waals surface area (Å²) >= 11 is 0. The number of carbonyl (C=O) groups is 1. The standard InChI is InChI=1S/C21H26N4O3/c1-23(2)12-15-4-5-19-16-8-14(11-25(19)20(15)26)10-24(13-16)21(27)18-9-17(28-3)6-7-22-18/h4-7,9,14,16H,8,10-13H2,1-3H3/t14-,16+/m0/s1. The van der Waals surface area contributed by atoms with Gasteiger partial charge in [-0.2, -0.15) is 0 Å². The highest BCUT2D eigenvalue weighted by molar-refractivity contribution is 5.92. The number of piperidine rings is 1. The summed E-state index contributed by atoms with van der Waals surface area (Å²) in [6.07, 6.45) is 2.61. The lowest BCUT2D eigenvalue weighted by atomic mass is 9.83. The molecular weight excluding hydrogens is 356 g/mol. The number of rotatable bonds is 4. The van der Waals surface area contributed by atoms with Gasteiger partial charge in [-0.3, -0.25) is 14.6 Å². The van der Waals surface area contributed by atoms with Crippen LogP contribution in [0, 0.1) is 5.92 Å². The normalized spacial score (nSPS) is 20.8. The molecule has 148 valence electrons. The molecule has 0 radical (unpaired) electrons. The van der Waals surface area contributed by atoms with Gasteiger partial charge in [0, 0.05) is 55.6 Å². The Morgan fingerprint density at radius 2 is 2.07 bits per heavy atom. The maximum Gasteiger partial charge on any atom is 0.272 e. The zero-order valence-electron chi connectivity index (χ0n) is 16.6. The third-order valence-electron chi connectivity index (χ3n) is 5.64. The molecule has 0 saturated carbocycles. The fourth-order valence-electron chi connectivity index (χ4n) is 4.43. The molecule has 2 aromatic rings. The van der Waals surface area contributed by atoms with Gasteiger partial charge in [0.25, 0.3) is 11.5 Å². The van der Waals surface area contributed by atoms with Crippen LogP contribution in [0.5, 0.6) is 5.75 Å². The molecule has 1 fully saturated rings. The number of hydrogen-bond donors (Lipinski definition) is 0. The van der Waals surface area contributed by atoms with Gasteiger partial charge in [0.2, 0.25) is 0 Å². The van der Waals surface area contributed by atoms with E-state index in [-0.39, 0.29) is 23.3 Å². The zero-order valence-corrected chi connectivity index (χ0v) is 16.6. The smallest absolute Gasteiger partial charge is 0.272 e. The fourth-order valence-corrected chi connectivity index (χ4v) is 4.43. The third kappa shape index (κ3) is 3.42. The van der Waals surface area contributed by atoms with E-state index in [9.17, 15) is 9.59 Å². The molecule has 0 aromatic carbocycles. The van der Waals surface area contributed by atoms with Crippen molar-refractivity contribution in [2.45, 2.75) is 25.4 Å². The topological polar surface area (TPSA) is 67.7 Å². The van der Waals surface area contributed by atoms with Crippen molar-refractivity contribution < 1.29 is 9.53 Å². The van der Waals surface area contributed by atoms with E-state index >= 15 is 0 Å². The van der Waals surface area contributed by atoms with Gasteiger partial charge in [0.05, 0.1) is 7.11 Å². The summed E-state index contributed by atoms with van der Waals surface area (Å²) in [7, 11) is 5.51. The molecule has 7 heteroatoms. The molecule has 28 heavy (non-hydrogen) atoms. The average molecular weight is 382 g/mol. The largest absolute Gasteiger partial charge is 0.497 e. The highest BCUT2D eigenvalue weighted by atomic mass is 16.5. The van der Waals surface area contributed by atoms with E-state index in [1.165, 1.54) is 0 Å². The lowest BCUT2D eigenvalue weighted by molar-refractivity contribution is 0.0588. The first-order chi connectivity index (χ1) is 13.5. The predicted octanol–water partition coefficient (Wildman–Crippen LogP) is 1.57. The molecule has 0 spiro atoms. The number of fused-ring (bicyclic) bond motifs is 4. The number of hydrogen-bond acceptors (Lipinski definition) is 5. The Morgan fingerprint density at radius 3 is 2.82 bits per heavy atom. The van der Waals surface area contributed by atoms with Gasteiger partial charge >= 0.3 is 0 Å². The molecule has 2 bridgehead atoms. The molecule has 0 N–H and O–H groups in total. The molecule has 7 nitrogen and oxygen atoms in total. The van der Waals surface area contributed by atoms with E-state index in [4.69, 9.17) is 4.74 Å². The quantitative estimate of drug-likeness (QED) is 0.803. The van der Waals surface area contributed by atoms with Crippen LogP contribution in [0.1, 0.15) is 34.1 Å². The first-order valence-electron chi connectivity index (χ1n) is 9.63. The Bertz CT molecular complexity index is 953. The first-order valence-corrected chi connectivity index (χ1v) is 9.63. The van der Waals surface area contributed by atoms with Crippen LogP contribution in [0.25, 0.3) is 0 Å². The van der Waals surface area contributed by atoms with Crippen molar-refractivity contribution in [1.82, 2.24) is 19.4 Å². The highest BCUT2D eigenvalue weighted by Gasteiger charge is 2.37. The molecule has 4 rings (SSSR count). The number of carbonyl (C=O) groups excluding carboxylic acids is 1. The molecule has 2 atom stereocenters. The second-order valence-electron chi connectivity index (χ2n) is 8.03. The molecular formula is C21H26N4O3. The maximum atomic E-state index is 13.0.